The lowest BCUT2D eigenvalue weighted by atomic mass is 10.0. The second-order valence-electron chi connectivity index (χ2n) is 6.39. The summed E-state index contributed by atoms with van der Waals surface area (Å²) in [5.41, 5.74) is 2.65. The largest absolute Gasteiger partial charge is 0.496 e. The van der Waals surface area contributed by atoms with Crippen molar-refractivity contribution >= 4 is 35.0 Å². The van der Waals surface area contributed by atoms with Gasteiger partial charge in [0, 0.05) is 10.7 Å². The topological polar surface area (TPSA) is 79.9 Å². The maximum absolute atomic E-state index is 12.3. The van der Waals surface area contributed by atoms with Crippen LogP contribution in [0, 0.1) is 0 Å². The highest BCUT2D eigenvalue weighted by molar-refractivity contribution is 7.99. The fraction of sp³-hybridized carbons (Fsp3) is 0.250. The Labute approximate surface area is 173 Å². The monoisotopic (exact) mass is 416 g/mol. The van der Waals surface area contributed by atoms with Crippen LogP contribution in [0.3, 0.4) is 0 Å². The summed E-state index contributed by atoms with van der Waals surface area (Å²) in [7, 11) is 1.58. The zero-order chi connectivity index (χ0) is 20.1. The van der Waals surface area contributed by atoms with Crippen LogP contribution in [0.2, 0.25) is 5.02 Å². The van der Waals surface area contributed by atoms with E-state index in [1.807, 2.05) is 24.3 Å². The second-order valence-corrected chi connectivity index (χ2v) is 7.77. The number of carbonyl (C=O) groups excluding carboxylic acids is 1. The fourth-order valence-electron chi connectivity index (χ4n) is 2.73. The molecular weight excluding hydrogens is 396 g/mol. The molecule has 1 amide bonds. The number of ether oxygens (including phenoxy) is 1. The molecule has 0 aliphatic carbocycles. The number of halogens is 1. The van der Waals surface area contributed by atoms with E-state index in [1.165, 1.54) is 11.8 Å². The number of H-pyrrole nitrogens is 1. The number of thioether (sulfide) groups is 1. The van der Waals surface area contributed by atoms with Crippen molar-refractivity contribution in [2.24, 2.45) is 0 Å². The first-order valence-electron chi connectivity index (χ1n) is 8.76. The predicted molar refractivity (Wildman–Crippen MR) is 113 cm³/mol. The molecule has 0 saturated heterocycles. The van der Waals surface area contributed by atoms with E-state index in [2.05, 4.69) is 34.3 Å². The number of aromatic nitrogens is 3. The second kappa shape index (κ2) is 9.12. The molecule has 0 radical (unpaired) electrons. The van der Waals surface area contributed by atoms with E-state index in [-0.39, 0.29) is 11.7 Å². The van der Waals surface area contributed by atoms with Gasteiger partial charge >= 0.3 is 0 Å². The molecule has 0 unspecified atom stereocenters. The van der Waals surface area contributed by atoms with Crippen LogP contribution < -0.4 is 10.1 Å². The summed E-state index contributed by atoms with van der Waals surface area (Å²) in [5.74, 6) is 1.60. The van der Waals surface area contributed by atoms with Gasteiger partial charge in [-0.3, -0.25) is 9.89 Å². The maximum Gasteiger partial charge on any atom is 0.234 e. The van der Waals surface area contributed by atoms with Crippen LogP contribution in [0.15, 0.2) is 47.6 Å². The summed E-state index contributed by atoms with van der Waals surface area (Å²) in [5, 5.41) is 11.1. The molecule has 0 aliphatic rings. The van der Waals surface area contributed by atoms with Gasteiger partial charge in [0.1, 0.15) is 5.75 Å². The summed E-state index contributed by atoms with van der Waals surface area (Å²) < 4.78 is 5.34. The Morgan fingerprint density at radius 1 is 1.29 bits per heavy atom. The Morgan fingerprint density at radius 2 is 2.07 bits per heavy atom. The minimum Gasteiger partial charge on any atom is -0.496 e. The molecule has 0 spiro atoms. The Balaban J connectivity index is 1.65. The van der Waals surface area contributed by atoms with Gasteiger partial charge in [0.25, 0.3) is 0 Å². The molecule has 1 heterocycles. The number of aromatic amines is 1. The third kappa shape index (κ3) is 4.85. The third-order valence-electron chi connectivity index (χ3n) is 4.07. The van der Waals surface area contributed by atoms with E-state index >= 15 is 0 Å². The summed E-state index contributed by atoms with van der Waals surface area (Å²) >= 11 is 7.33. The molecule has 2 N–H and O–H groups in total. The van der Waals surface area contributed by atoms with Crippen molar-refractivity contribution in [3.8, 4) is 17.1 Å². The third-order valence-corrected chi connectivity index (χ3v) is 5.15. The average Bonchev–Trinajstić information content (AvgIpc) is 3.15. The number of benzene rings is 2. The Kier molecular flexibility index (Phi) is 6.59. The quantitative estimate of drug-likeness (QED) is 0.530. The van der Waals surface area contributed by atoms with E-state index in [4.69, 9.17) is 16.3 Å². The van der Waals surface area contributed by atoms with Gasteiger partial charge in [-0.15, -0.1) is 5.10 Å². The molecule has 0 bridgehead atoms. The molecule has 6 nitrogen and oxygen atoms in total. The number of anilines is 1. The summed E-state index contributed by atoms with van der Waals surface area (Å²) in [4.78, 5) is 16.8. The highest BCUT2D eigenvalue weighted by Gasteiger charge is 2.14. The van der Waals surface area contributed by atoms with Crippen molar-refractivity contribution in [3.63, 3.8) is 0 Å². The minimum atomic E-state index is -0.107. The minimum absolute atomic E-state index is 0.107. The first kappa shape index (κ1) is 20.2. The van der Waals surface area contributed by atoms with Gasteiger partial charge in [-0.05, 0) is 35.7 Å². The van der Waals surface area contributed by atoms with Gasteiger partial charge in [0.15, 0.2) is 5.82 Å². The SMILES string of the molecule is COc1ccc(Cl)cc1-c1nc(SCC(=O)Nc2ccccc2C(C)C)n[nH]1. The molecule has 28 heavy (non-hydrogen) atoms. The first-order valence-corrected chi connectivity index (χ1v) is 10.1. The van der Waals surface area contributed by atoms with Crippen LogP contribution in [0.1, 0.15) is 25.3 Å². The van der Waals surface area contributed by atoms with Crippen LogP contribution in [-0.2, 0) is 4.79 Å². The van der Waals surface area contributed by atoms with Crippen molar-refractivity contribution in [1.29, 1.82) is 0 Å². The molecule has 3 aromatic rings. The van der Waals surface area contributed by atoms with Gasteiger partial charge in [-0.2, -0.15) is 0 Å². The van der Waals surface area contributed by atoms with Crippen molar-refractivity contribution < 1.29 is 9.53 Å². The smallest absolute Gasteiger partial charge is 0.234 e. The van der Waals surface area contributed by atoms with E-state index in [9.17, 15) is 4.79 Å². The number of carbonyl (C=O) groups is 1. The first-order chi connectivity index (χ1) is 13.5. The lowest BCUT2D eigenvalue weighted by Gasteiger charge is -2.13. The highest BCUT2D eigenvalue weighted by atomic mass is 35.5. The summed E-state index contributed by atoms with van der Waals surface area (Å²) in [6.45, 7) is 4.19. The number of rotatable bonds is 7. The number of methoxy groups -OCH3 is 1. The molecule has 1 aromatic heterocycles. The van der Waals surface area contributed by atoms with Gasteiger partial charge in [0.05, 0.1) is 18.4 Å². The van der Waals surface area contributed by atoms with Crippen LogP contribution in [-0.4, -0.2) is 34.0 Å². The lowest BCUT2D eigenvalue weighted by Crippen LogP contribution is -2.15. The van der Waals surface area contributed by atoms with Gasteiger partial charge in [-0.25, -0.2) is 4.98 Å². The maximum atomic E-state index is 12.3. The van der Waals surface area contributed by atoms with Crippen molar-refractivity contribution in [2.45, 2.75) is 24.9 Å². The number of amides is 1. The molecule has 0 atom stereocenters. The van der Waals surface area contributed by atoms with Crippen molar-refractivity contribution in [1.82, 2.24) is 15.2 Å². The molecule has 0 saturated carbocycles. The molecule has 146 valence electrons. The van der Waals surface area contributed by atoms with Crippen LogP contribution in [0.5, 0.6) is 5.75 Å². The van der Waals surface area contributed by atoms with Crippen LogP contribution in [0.4, 0.5) is 5.69 Å². The van der Waals surface area contributed by atoms with Crippen molar-refractivity contribution in [2.75, 3.05) is 18.2 Å². The van der Waals surface area contributed by atoms with E-state index < -0.39 is 0 Å². The zero-order valence-corrected chi connectivity index (χ0v) is 17.4. The molecule has 8 heteroatoms. The summed E-state index contributed by atoms with van der Waals surface area (Å²) in [6.07, 6.45) is 0. The number of hydrogen-bond donors (Lipinski definition) is 2. The number of nitrogens with zero attached hydrogens (tertiary/aromatic N) is 2. The van der Waals surface area contributed by atoms with Gasteiger partial charge in [-0.1, -0.05) is 55.4 Å². The van der Waals surface area contributed by atoms with E-state index in [1.54, 1.807) is 25.3 Å². The lowest BCUT2D eigenvalue weighted by molar-refractivity contribution is -0.113. The predicted octanol–water partition coefficient (Wildman–Crippen LogP) is 4.99. The number of nitrogens with one attached hydrogen (secondary N) is 2. The highest BCUT2D eigenvalue weighted by Crippen LogP contribution is 2.31. The molecular formula is C20H21ClN4O2S. The number of para-hydroxylation sites is 1. The van der Waals surface area contributed by atoms with E-state index in [0.717, 1.165) is 11.3 Å². The average molecular weight is 417 g/mol. The zero-order valence-electron chi connectivity index (χ0n) is 15.8. The van der Waals surface area contributed by atoms with Gasteiger partial charge < -0.3 is 10.1 Å². The standard InChI is InChI=1S/C20H21ClN4O2S/c1-12(2)14-6-4-5-7-16(14)22-18(26)11-28-20-23-19(24-25-20)15-10-13(21)8-9-17(15)27-3/h4-10,12H,11H2,1-3H3,(H,22,26)(H,23,24,25). The number of hydrogen-bond acceptors (Lipinski definition) is 5. The molecule has 0 aliphatic heterocycles. The Hall–Kier alpha value is -2.51. The molecule has 3 rings (SSSR count). The Bertz CT molecular complexity index is 974. The Morgan fingerprint density at radius 3 is 2.82 bits per heavy atom. The fourth-order valence-corrected chi connectivity index (χ4v) is 3.50. The van der Waals surface area contributed by atoms with Gasteiger partial charge in [0.2, 0.25) is 11.1 Å². The summed E-state index contributed by atoms with van der Waals surface area (Å²) in [6, 6.07) is 13.1. The van der Waals surface area contributed by atoms with Crippen molar-refractivity contribution in [3.05, 3.63) is 53.1 Å². The van der Waals surface area contributed by atoms with E-state index in [0.29, 0.717) is 33.2 Å². The molecule has 2 aromatic carbocycles. The normalized spacial score (nSPS) is 10.9. The molecule has 0 fully saturated rings. The van der Waals surface area contributed by atoms with Crippen LogP contribution >= 0.6 is 23.4 Å². The van der Waals surface area contributed by atoms with Crippen LogP contribution in [0.25, 0.3) is 11.4 Å².